The summed E-state index contributed by atoms with van der Waals surface area (Å²) in [5.74, 6) is 0. The van der Waals surface area contributed by atoms with Crippen LogP contribution in [0.2, 0.25) is 0 Å². The van der Waals surface area contributed by atoms with Gasteiger partial charge in [-0.25, -0.2) is 0 Å². The molecule has 0 saturated carbocycles. The van der Waals surface area contributed by atoms with E-state index in [0.717, 1.165) is 37.8 Å². The Bertz CT molecular complexity index is 384. The van der Waals surface area contributed by atoms with Crippen molar-refractivity contribution >= 4 is 6.29 Å². The Kier molecular flexibility index (Phi) is 3.92. The maximum atomic E-state index is 11.0. The molecular weight excluding hydrogens is 212 g/mol. The van der Waals surface area contributed by atoms with E-state index >= 15 is 0 Å². The maximum absolute atomic E-state index is 11.0. The third-order valence-corrected chi connectivity index (χ3v) is 3.81. The monoisotopic (exact) mass is 232 g/mol. The molecule has 1 heterocycles. The lowest BCUT2D eigenvalue weighted by atomic mass is 9.71. The largest absolute Gasteiger partial charge is 0.326 e. The molecule has 3 heteroatoms. The first-order chi connectivity index (χ1) is 8.30. The van der Waals surface area contributed by atoms with Crippen molar-refractivity contribution in [3.63, 3.8) is 0 Å². The highest BCUT2D eigenvalue weighted by molar-refractivity contribution is 5.54. The van der Waals surface area contributed by atoms with Gasteiger partial charge < -0.3 is 15.8 Å². The predicted octanol–water partition coefficient (Wildman–Crippen LogP) is 1.36. The quantitative estimate of drug-likeness (QED) is 0.771. The standard InChI is InChI=1S/C14H20N2O/c15-11-12-2-1-3-13(10-12)14(6-9-17)4-7-16-8-5-14/h1-3,9-10,16H,4-8,11,15H2. The number of hydrogen-bond acceptors (Lipinski definition) is 3. The molecule has 0 amide bonds. The maximum Gasteiger partial charge on any atom is 0.120 e. The van der Waals surface area contributed by atoms with Crippen molar-refractivity contribution < 1.29 is 4.79 Å². The summed E-state index contributed by atoms with van der Waals surface area (Å²) < 4.78 is 0. The molecule has 1 aliphatic rings. The summed E-state index contributed by atoms with van der Waals surface area (Å²) in [6, 6.07) is 8.38. The van der Waals surface area contributed by atoms with Crippen molar-refractivity contribution in [2.24, 2.45) is 5.73 Å². The van der Waals surface area contributed by atoms with Crippen LogP contribution in [0.4, 0.5) is 0 Å². The van der Waals surface area contributed by atoms with Gasteiger partial charge in [-0.05, 0) is 37.1 Å². The van der Waals surface area contributed by atoms with E-state index < -0.39 is 0 Å². The molecule has 0 atom stereocenters. The minimum atomic E-state index is 0.0260. The summed E-state index contributed by atoms with van der Waals surface area (Å²) in [7, 11) is 0. The number of nitrogens with one attached hydrogen (secondary N) is 1. The van der Waals surface area contributed by atoms with Gasteiger partial charge in [-0.1, -0.05) is 24.3 Å². The SMILES string of the molecule is NCc1cccc(C2(CC=O)CCNCC2)c1. The van der Waals surface area contributed by atoms with E-state index in [1.807, 2.05) is 12.1 Å². The van der Waals surface area contributed by atoms with Gasteiger partial charge in [-0.3, -0.25) is 0 Å². The second-order valence-corrected chi connectivity index (χ2v) is 4.81. The summed E-state index contributed by atoms with van der Waals surface area (Å²) in [5, 5.41) is 3.36. The Morgan fingerprint density at radius 1 is 1.35 bits per heavy atom. The third-order valence-electron chi connectivity index (χ3n) is 3.81. The second kappa shape index (κ2) is 5.43. The number of piperidine rings is 1. The summed E-state index contributed by atoms with van der Waals surface area (Å²) in [6.45, 7) is 2.53. The molecule has 3 nitrogen and oxygen atoms in total. The van der Waals surface area contributed by atoms with Gasteiger partial charge in [0.15, 0.2) is 0 Å². The first-order valence-electron chi connectivity index (χ1n) is 6.24. The van der Waals surface area contributed by atoms with E-state index in [2.05, 4.69) is 17.4 Å². The number of hydrogen-bond donors (Lipinski definition) is 2. The van der Waals surface area contributed by atoms with Crippen molar-refractivity contribution in [3.05, 3.63) is 35.4 Å². The first-order valence-corrected chi connectivity index (χ1v) is 6.24. The molecule has 0 aliphatic carbocycles. The van der Waals surface area contributed by atoms with Gasteiger partial charge in [0.1, 0.15) is 6.29 Å². The van der Waals surface area contributed by atoms with Gasteiger partial charge in [0.25, 0.3) is 0 Å². The molecule has 0 spiro atoms. The van der Waals surface area contributed by atoms with Crippen LogP contribution in [0.1, 0.15) is 30.4 Å². The Labute approximate surface area is 102 Å². The molecule has 3 N–H and O–H groups in total. The van der Waals surface area contributed by atoms with Crippen LogP contribution in [0.3, 0.4) is 0 Å². The van der Waals surface area contributed by atoms with Crippen LogP contribution in [0, 0.1) is 0 Å². The zero-order valence-corrected chi connectivity index (χ0v) is 10.1. The van der Waals surface area contributed by atoms with Crippen LogP contribution in [0.5, 0.6) is 0 Å². The van der Waals surface area contributed by atoms with Gasteiger partial charge in [0.2, 0.25) is 0 Å². The minimum absolute atomic E-state index is 0.0260. The zero-order chi connectivity index (χ0) is 12.1. The van der Waals surface area contributed by atoms with E-state index in [0.29, 0.717) is 13.0 Å². The molecule has 1 aromatic carbocycles. The summed E-state index contributed by atoms with van der Waals surface area (Å²) >= 11 is 0. The summed E-state index contributed by atoms with van der Waals surface area (Å²) in [6.07, 6.45) is 3.72. The molecule has 92 valence electrons. The third kappa shape index (κ3) is 2.56. The van der Waals surface area contributed by atoms with E-state index in [4.69, 9.17) is 5.73 Å². The Hall–Kier alpha value is -1.19. The number of carbonyl (C=O) groups is 1. The van der Waals surface area contributed by atoms with Gasteiger partial charge in [-0.15, -0.1) is 0 Å². The molecule has 0 radical (unpaired) electrons. The molecule has 1 aromatic rings. The van der Waals surface area contributed by atoms with E-state index in [1.54, 1.807) is 0 Å². The highest BCUT2D eigenvalue weighted by Crippen LogP contribution is 2.36. The van der Waals surface area contributed by atoms with Crippen LogP contribution in [0.25, 0.3) is 0 Å². The lowest BCUT2D eigenvalue weighted by Gasteiger charge is -2.37. The number of carbonyl (C=O) groups excluding carboxylic acids is 1. The molecule has 1 fully saturated rings. The van der Waals surface area contributed by atoms with E-state index in [-0.39, 0.29) is 5.41 Å². The van der Waals surface area contributed by atoms with Crippen molar-refractivity contribution in [2.45, 2.75) is 31.2 Å². The molecular formula is C14H20N2O. The Balaban J connectivity index is 2.33. The molecule has 1 saturated heterocycles. The van der Waals surface area contributed by atoms with Crippen LogP contribution >= 0.6 is 0 Å². The highest BCUT2D eigenvalue weighted by Gasteiger charge is 2.33. The van der Waals surface area contributed by atoms with Crippen LogP contribution in [-0.4, -0.2) is 19.4 Å². The Morgan fingerprint density at radius 2 is 2.12 bits per heavy atom. The van der Waals surface area contributed by atoms with Crippen LogP contribution < -0.4 is 11.1 Å². The van der Waals surface area contributed by atoms with Crippen molar-refractivity contribution in [1.82, 2.24) is 5.32 Å². The molecule has 1 aliphatic heterocycles. The van der Waals surface area contributed by atoms with Crippen molar-refractivity contribution in [1.29, 1.82) is 0 Å². The van der Waals surface area contributed by atoms with Gasteiger partial charge in [0, 0.05) is 18.4 Å². The van der Waals surface area contributed by atoms with Gasteiger partial charge in [0.05, 0.1) is 0 Å². The lowest BCUT2D eigenvalue weighted by Crippen LogP contribution is -2.40. The number of rotatable bonds is 4. The fraction of sp³-hybridized carbons (Fsp3) is 0.500. The normalized spacial score (nSPS) is 18.9. The molecule has 0 aromatic heterocycles. The Morgan fingerprint density at radius 3 is 2.76 bits per heavy atom. The molecule has 2 rings (SSSR count). The smallest absolute Gasteiger partial charge is 0.120 e. The topological polar surface area (TPSA) is 55.1 Å². The number of benzene rings is 1. The molecule has 17 heavy (non-hydrogen) atoms. The summed E-state index contributed by atoms with van der Waals surface area (Å²) in [4.78, 5) is 11.0. The van der Waals surface area contributed by atoms with E-state index in [1.165, 1.54) is 5.56 Å². The predicted molar refractivity (Wildman–Crippen MR) is 68.8 cm³/mol. The number of nitrogens with two attached hydrogens (primary N) is 1. The average Bonchev–Trinajstić information content (AvgIpc) is 2.40. The first kappa shape index (κ1) is 12.3. The molecule has 0 unspecified atom stereocenters. The zero-order valence-electron chi connectivity index (χ0n) is 10.1. The summed E-state index contributed by atoms with van der Waals surface area (Å²) in [5.41, 5.74) is 8.13. The molecule has 0 bridgehead atoms. The minimum Gasteiger partial charge on any atom is -0.326 e. The fourth-order valence-corrected chi connectivity index (χ4v) is 2.70. The van der Waals surface area contributed by atoms with Crippen molar-refractivity contribution in [3.8, 4) is 0 Å². The fourth-order valence-electron chi connectivity index (χ4n) is 2.70. The van der Waals surface area contributed by atoms with E-state index in [9.17, 15) is 4.79 Å². The van der Waals surface area contributed by atoms with Crippen molar-refractivity contribution in [2.75, 3.05) is 13.1 Å². The van der Waals surface area contributed by atoms with Crippen LogP contribution in [-0.2, 0) is 16.8 Å². The lowest BCUT2D eigenvalue weighted by molar-refractivity contribution is -0.109. The van der Waals surface area contributed by atoms with Crippen LogP contribution in [0.15, 0.2) is 24.3 Å². The van der Waals surface area contributed by atoms with Gasteiger partial charge in [-0.2, -0.15) is 0 Å². The number of aldehydes is 1. The average molecular weight is 232 g/mol. The second-order valence-electron chi connectivity index (χ2n) is 4.81. The van der Waals surface area contributed by atoms with Gasteiger partial charge >= 0.3 is 0 Å². The highest BCUT2D eigenvalue weighted by atomic mass is 16.1.